The number of nitrogens with zero attached hydrogens (tertiary/aromatic N) is 4. The number of ether oxygens (including phenoxy) is 2. The Morgan fingerprint density at radius 1 is 0.695 bits per heavy atom. The van der Waals surface area contributed by atoms with Gasteiger partial charge in [-0.25, -0.2) is 19.6 Å². The van der Waals surface area contributed by atoms with Crippen LogP contribution in [-0.4, -0.2) is 93.1 Å². The van der Waals surface area contributed by atoms with Crippen LogP contribution in [0, 0.1) is 11.8 Å². The van der Waals surface area contributed by atoms with Gasteiger partial charge in [0.05, 0.1) is 44.0 Å². The molecular formula is C45H52N8O6. The minimum absolute atomic E-state index is 0.106. The Bertz CT molecular complexity index is 2380. The zero-order valence-electron chi connectivity index (χ0n) is 34.5. The molecule has 4 unspecified atom stereocenters. The SMILES string of the molecule is COC(=O)NC(C(=O)N1CC(C)=CC1c1ncc(-c2ccc3cc(-c4ccc(-c5cnc(C6CCCN6C(=O)C(NC(=O)OC)C(C)C)[nH]5)cc4)ccc3c2)[nH]1)C(C)C. The Labute approximate surface area is 343 Å². The fraction of sp³-hybridized carbons (Fsp3) is 0.378. The first-order chi connectivity index (χ1) is 28.3. The van der Waals surface area contributed by atoms with E-state index in [2.05, 4.69) is 86.2 Å². The quantitative estimate of drug-likeness (QED) is 0.0992. The lowest BCUT2D eigenvalue weighted by Crippen LogP contribution is -2.51. The van der Waals surface area contributed by atoms with Gasteiger partial charge in [0.1, 0.15) is 29.8 Å². The molecule has 4 amide bonds. The van der Waals surface area contributed by atoms with Crippen molar-refractivity contribution in [1.82, 2.24) is 40.4 Å². The molecule has 5 aromatic rings. The molecule has 308 valence electrons. The van der Waals surface area contributed by atoms with Crippen molar-refractivity contribution in [3.63, 3.8) is 0 Å². The zero-order valence-corrected chi connectivity index (χ0v) is 34.5. The number of alkyl carbamates (subject to hydrolysis) is 2. The van der Waals surface area contributed by atoms with E-state index in [4.69, 9.17) is 14.5 Å². The number of carbonyl (C=O) groups is 4. The fourth-order valence-corrected chi connectivity index (χ4v) is 8.01. The molecule has 4 heterocycles. The van der Waals surface area contributed by atoms with Gasteiger partial charge in [0.2, 0.25) is 11.8 Å². The summed E-state index contributed by atoms with van der Waals surface area (Å²) < 4.78 is 9.54. The molecular weight excluding hydrogens is 749 g/mol. The van der Waals surface area contributed by atoms with Crippen molar-refractivity contribution in [2.24, 2.45) is 11.8 Å². The largest absolute Gasteiger partial charge is 0.453 e. The standard InChI is InChI=1S/C45H52N8O6/c1-25(2)38(50-44(56)58-6)42(54)52-18-8-9-36(52)40-46-22-34(48-40)29-12-10-28(11-13-29)30-14-15-32-21-33(17-16-31(32)20-30)35-23-47-41(49-35)37-19-27(5)24-53(37)43(55)39(26(3)4)51-45(57)59-7/h10-17,19-23,25-26,36-39H,8-9,18,24H2,1-7H3,(H,46,48)(H,47,49)(H,50,56)(H,51,57). The number of aromatic amines is 2. The van der Waals surface area contributed by atoms with Gasteiger partial charge >= 0.3 is 12.2 Å². The first kappa shape index (κ1) is 40.7. The van der Waals surface area contributed by atoms with Gasteiger partial charge in [-0.1, -0.05) is 87.9 Å². The van der Waals surface area contributed by atoms with E-state index in [0.717, 1.165) is 68.7 Å². The van der Waals surface area contributed by atoms with Gasteiger partial charge in [0.15, 0.2) is 0 Å². The molecule has 1 fully saturated rings. The number of H-pyrrole nitrogens is 2. The molecule has 59 heavy (non-hydrogen) atoms. The molecule has 2 aliphatic rings. The zero-order chi connectivity index (χ0) is 42.0. The van der Waals surface area contributed by atoms with Crippen molar-refractivity contribution in [2.45, 2.75) is 71.6 Å². The fourth-order valence-electron chi connectivity index (χ4n) is 8.01. The highest BCUT2D eigenvalue weighted by atomic mass is 16.5. The number of hydrogen-bond acceptors (Lipinski definition) is 8. The minimum atomic E-state index is -0.733. The van der Waals surface area contributed by atoms with Crippen LogP contribution in [0.15, 0.2) is 84.7 Å². The maximum atomic E-state index is 13.7. The highest BCUT2D eigenvalue weighted by Gasteiger charge is 2.38. The number of fused-ring (bicyclic) bond motifs is 1. The van der Waals surface area contributed by atoms with E-state index in [1.54, 1.807) is 11.1 Å². The van der Waals surface area contributed by atoms with E-state index in [0.29, 0.717) is 18.9 Å². The predicted octanol–water partition coefficient (Wildman–Crippen LogP) is 7.54. The number of benzene rings is 3. The van der Waals surface area contributed by atoms with Crippen molar-refractivity contribution >= 4 is 34.8 Å². The Morgan fingerprint density at radius 3 is 1.81 bits per heavy atom. The second-order valence-corrected chi connectivity index (χ2v) is 16.0. The Kier molecular flexibility index (Phi) is 11.9. The first-order valence-electron chi connectivity index (χ1n) is 20.1. The van der Waals surface area contributed by atoms with Crippen LogP contribution in [0.1, 0.15) is 71.2 Å². The van der Waals surface area contributed by atoms with Crippen LogP contribution in [0.5, 0.6) is 0 Å². The molecule has 14 heteroatoms. The van der Waals surface area contributed by atoms with E-state index in [9.17, 15) is 19.2 Å². The highest BCUT2D eigenvalue weighted by Crippen LogP contribution is 2.35. The van der Waals surface area contributed by atoms with E-state index in [-0.39, 0.29) is 29.7 Å². The third-order valence-electron chi connectivity index (χ3n) is 11.3. The van der Waals surface area contributed by atoms with Crippen molar-refractivity contribution < 1.29 is 28.7 Å². The second kappa shape index (κ2) is 17.2. The Hall–Kier alpha value is -6.44. The van der Waals surface area contributed by atoms with E-state index >= 15 is 0 Å². The summed E-state index contributed by atoms with van der Waals surface area (Å²) in [6, 6.07) is 19.0. The number of nitrogens with one attached hydrogen (secondary N) is 4. The summed E-state index contributed by atoms with van der Waals surface area (Å²) in [5.41, 5.74) is 6.85. The molecule has 1 saturated heterocycles. The van der Waals surface area contributed by atoms with Gasteiger partial charge in [-0.3, -0.25) is 9.59 Å². The predicted molar refractivity (Wildman–Crippen MR) is 225 cm³/mol. The number of likely N-dealkylation sites (tertiary alicyclic amines) is 1. The number of amides is 4. The molecule has 0 aliphatic carbocycles. The minimum Gasteiger partial charge on any atom is -0.453 e. The van der Waals surface area contributed by atoms with Crippen LogP contribution >= 0.6 is 0 Å². The van der Waals surface area contributed by atoms with Crippen LogP contribution < -0.4 is 10.6 Å². The van der Waals surface area contributed by atoms with E-state index in [1.165, 1.54) is 14.2 Å². The van der Waals surface area contributed by atoms with Gasteiger partial charge in [0.25, 0.3) is 0 Å². The molecule has 0 bridgehead atoms. The van der Waals surface area contributed by atoms with Crippen molar-refractivity contribution in [1.29, 1.82) is 0 Å². The maximum absolute atomic E-state index is 13.7. The summed E-state index contributed by atoms with van der Waals surface area (Å²) in [5.74, 6) is 0.798. The summed E-state index contributed by atoms with van der Waals surface area (Å²) >= 11 is 0. The van der Waals surface area contributed by atoms with Gasteiger partial charge in [-0.15, -0.1) is 0 Å². The number of methoxy groups -OCH3 is 2. The van der Waals surface area contributed by atoms with Crippen LogP contribution in [-0.2, 0) is 19.1 Å². The van der Waals surface area contributed by atoms with Crippen LogP contribution in [0.25, 0.3) is 44.4 Å². The number of hydrogen-bond donors (Lipinski definition) is 4. The summed E-state index contributed by atoms with van der Waals surface area (Å²) in [4.78, 5) is 71.1. The van der Waals surface area contributed by atoms with E-state index < -0.39 is 30.3 Å². The van der Waals surface area contributed by atoms with Gasteiger partial charge in [0, 0.05) is 18.7 Å². The second-order valence-electron chi connectivity index (χ2n) is 16.0. The molecule has 0 radical (unpaired) electrons. The lowest BCUT2D eigenvalue weighted by atomic mass is 9.98. The van der Waals surface area contributed by atoms with Gasteiger partial charge < -0.3 is 39.9 Å². The first-order valence-corrected chi connectivity index (χ1v) is 20.1. The smallest absolute Gasteiger partial charge is 0.407 e. The Morgan fingerprint density at radius 2 is 1.20 bits per heavy atom. The van der Waals surface area contributed by atoms with Crippen LogP contribution in [0.3, 0.4) is 0 Å². The average Bonchev–Trinajstić information content (AvgIpc) is 4.08. The van der Waals surface area contributed by atoms with Crippen LogP contribution in [0.4, 0.5) is 9.59 Å². The molecule has 0 saturated carbocycles. The lowest BCUT2D eigenvalue weighted by molar-refractivity contribution is -0.136. The normalized spacial score (nSPS) is 17.6. The molecule has 4 atom stereocenters. The summed E-state index contributed by atoms with van der Waals surface area (Å²) in [5, 5.41) is 7.56. The third-order valence-corrected chi connectivity index (χ3v) is 11.3. The average molecular weight is 801 g/mol. The molecule has 3 aromatic carbocycles. The molecule has 14 nitrogen and oxygen atoms in total. The maximum Gasteiger partial charge on any atom is 0.407 e. The summed E-state index contributed by atoms with van der Waals surface area (Å²) in [7, 11) is 2.57. The summed E-state index contributed by atoms with van der Waals surface area (Å²) in [6.45, 7) is 10.6. The molecule has 2 aliphatic heterocycles. The van der Waals surface area contributed by atoms with Crippen molar-refractivity contribution in [3.05, 3.63) is 96.4 Å². The molecule has 0 spiro atoms. The number of rotatable bonds is 11. The van der Waals surface area contributed by atoms with Gasteiger partial charge in [-0.2, -0.15) is 0 Å². The van der Waals surface area contributed by atoms with E-state index in [1.807, 2.05) is 51.8 Å². The molecule has 7 rings (SSSR count). The lowest BCUT2D eigenvalue weighted by Gasteiger charge is -2.30. The highest BCUT2D eigenvalue weighted by molar-refractivity contribution is 5.91. The van der Waals surface area contributed by atoms with Gasteiger partial charge in [-0.05, 0) is 71.2 Å². The van der Waals surface area contributed by atoms with Crippen LogP contribution in [0.2, 0.25) is 0 Å². The number of aromatic nitrogens is 4. The third kappa shape index (κ3) is 8.57. The monoisotopic (exact) mass is 800 g/mol. The number of carbonyl (C=O) groups excluding carboxylic acids is 4. The summed E-state index contributed by atoms with van der Waals surface area (Å²) in [6.07, 6.45) is 5.99. The van der Waals surface area contributed by atoms with Crippen molar-refractivity contribution in [2.75, 3.05) is 27.3 Å². The Balaban J connectivity index is 1.04. The number of imidazole rings is 2. The molecule has 2 aromatic heterocycles. The van der Waals surface area contributed by atoms with Crippen molar-refractivity contribution in [3.8, 4) is 33.6 Å². The topological polar surface area (TPSA) is 175 Å². The molecule has 4 N–H and O–H groups in total.